The molecule has 0 amide bonds. The van der Waals surface area contributed by atoms with Gasteiger partial charge in [0.15, 0.2) is 0 Å². The third kappa shape index (κ3) is 1.25. The van der Waals surface area contributed by atoms with E-state index in [-0.39, 0.29) is 5.69 Å². The second-order valence-electron chi connectivity index (χ2n) is 2.39. The van der Waals surface area contributed by atoms with Crippen LogP contribution in [0, 0.1) is 6.20 Å². The first kappa shape index (κ1) is 8.88. The third-order valence-corrected chi connectivity index (χ3v) is 2.14. The number of rotatable bonds is 0. The van der Waals surface area contributed by atoms with Crippen molar-refractivity contribution >= 4 is 20.3 Å². The molecule has 2 rings (SSSR count). The Morgan fingerprint density at radius 3 is 2.85 bits per heavy atom. The van der Waals surface area contributed by atoms with Crippen molar-refractivity contribution in [3.05, 3.63) is 40.9 Å². The summed E-state index contributed by atoms with van der Waals surface area (Å²) in [4.78, 5) is 14.6. The Morgan fingerprint density at radius 1 is 1.38 bits per heavy atom. The van der Waals surface area contributed by atoms with Gasteiger partial charge >= 0.3 is 0 Å². The number of nitrogens with zero attached hydrogens (tertiary/aromatic N) is 2. The van der Waals surface area contributed by atoms with Crippen LogP contribution in [0.25, 0.3) is 10.9 Å². The predicted molar refractivity (Wildman–Crippen MR) is 49.9 cm³/mol. The summed E-state index contributed by atoms with van der Waals surface area (Å²) in [5.41, 5.74) is 0.515. The topological polar surface area (TPSA) is 34.9 Å². The molecule has 1 atom stereocenters. The molecule has 1 unspecified atom stereocenters. The summed E-state index contributed by atoms with van der Waals surface area (Å²) in [7, 11) is 2.32. The standard InChI is InChI=1S/C8H6N2OP.Rf/c11-8-9-5-6-3-1-2-4-7(6)10(8)12;/h1-4H,12H2;/q-1;. The number of aromatic nitrogens is 2. The Kier molecular flexibility index (Phi) is 2.07. The van der Waals surface area contributed by atoms with Crippen LogP contribution in [0.1, 0.15) is 0 Å². The normalized spacial score (nSPS) is 9.62. The van der Waals surface area contributed by atoms with Crippen molar-refractivity contribution in [3.8, 4) is 0 Å². The summed E-state index contributed by atoms with van der Waals surface area (Å²) < 4.78 is 1.42. The van der Waals surface area contributed by atoms with E-state index in [1.165, 1.54) is 4.34 Å². The van der Waals surface area contributed by atoms with Gasteiger partial charge in [0, 0.05) is 0 Å². The van der Waals surface area contributed by atoms with Crippen LogP contribution in [0.4, 0.5) is 0 Å². The molecular formula is C8H6N2OPRf-. The third-order valence-electron chi connectivity index (χ3n) is 1.64. The fourth-order valence-corrected chi connectivity index (χ4v) is 1.33. The van der Waals surface area contributed by atoms with E-state index in [0.717, 1.165) is 10.9 Å². The van der Waals surface area contributed by atoms with Gasteiger partial charge in [0.05, 0.1) is 0 Å². The Bertz CT molecular complexity index is 483. The first-order valence-electron chi connectivity index (χ1n) is 3.43. The van der Waals surface area contributed by atoms with E-state index >= 15 is 0 Å². The zero-order chi connectivity index (χ0) is 8.55. The van der Waals surface area contributed by atoms with Crippen molar-refractivity contribution in [2.45, 2.75) is 0 Å². The minimum atomic E-state index is -0.307. The minimum absolute atomic E-state index is 0. The van der Waals surface area contributed by atoms with E-state index in [1.807, 2.05) is 24.3 Å². The van der Waals surface area contributed by atoms with Crippen molar-refractivity contribution in [2.24, 2.45) is 0 Å². The van der Waals surface area contributed by atoms with Gasteiger partial charge in [0.2, 0.25) is 0 Å². The fraction of sp³-hybridized carbons (Fsp3) is 0. The Balaban J connectivity index is 0.000000845. The van der Waals surface area contributed by atoms with Gasteiger partial charge in [-0.15, -0.1) is 17.5 Å². The monoisotopic (exact) mass is 444 g/mol. The molecule has 0 spiro atoms. The summed E-state index contributed by atoms with van der Waals surface area (Å²) in [6.07, 6.45) is 2.66. The van der Waals surface area contributed by atoms with Crippen molar-refractivity contribution in [1.82, 2.24) is 9.32 Å². The number of benzene rings is 1. The van der Waals surface area contributed by atoms with E-state index in [9.17, 15) is 4.79 Å². The second-order valence-corrected chi connectivity index (χ2v) is 2.91. The van der Waals surface area contributed by atoms with Crippen LogP contribution in [0.5, 0.6) is 0 Å². The summed E-state index contributed by atoms with van der Waals surface area (Å²) in [5.74, 6) is 0. The molecule has 5 heteroatoms. The predicted octanol–water partition coefficient (Wildman–Crippen LogP) is 0.835. The molecule has 0 bridgehead atoms. The molecule has 1 aromatic carbocycles. The van der Waals surface area contributed by atoms with Gasteiger partial charge in [0.1, 0.15) is 0 Å². The van der Waals surface area contributed by atoms with E-state index < -0.39 is 0 Å². The van der Waals surface area contributed by atoms with Gasteiger partial charge in [-0.1, -0.05) is 12.1 Å². The first-order chi connectivity index (χ1) is 5.79. The second kappa shape index (κ2) is 3.03. The number of hydrogen-bond acceptors (Lipinski definition) is 2. The molecule has 13 heavy (non-hydrogen) atoms. The number of para-hydroxylation sites is 1. The van der Waals surface area contributed by atoms with Crippen LogP contribution in [0.3, 0.4) is 0 Å². The molecule has 0 aliphatic rings. The summed E-state index contributed by atoms with van der Waals surface area (Å²) >= 11 is 0. The molecule has 2 aromatic rings. The summed E-state index contributed by atoms with van der Waals surface area (Å²) in [6.45, 7) is 0. The van der Waals surface area contributed by atoms with Crippen molar-refractivity contribution in [2.75, 3.05) is 0 Å². The molecule has 0 saturated carbocycles. The van der Waals surface area contributed by atoms with Gasteiger partial charge in [-0.3, -0.25) is 4.98 Å². The van der Waals surface area contributed by atoms with Crippen LogP contribution in [-0.2, 0) is 0 Å². The Hall–Kier alpha value is -2.21. The summed E-state index contributed by atoms with van der Waals surface area (Å²) in [5, 5.41) is 0.840. The molecule has 62 valence electrons. The molecule has 1 heterocycles. The minimum Gasteiger partial charge on any atom is -0.357 e. The molecule has 3 nitrogen and oxygen atoms in total. The fourth-order valence-electron chi connectivity index (χ4n) is 1.04. The Morgan fingerprint density at radius 2 is 2.08 bits per heavy atom. The molecule has 0 saturated heterocycles. The van der Waals surface area contributed by atoms with E-state index in [0.29, 0.717) is 0 Å². The van der Waals surface area contributed by atoms with E-state index in [1.54, 1.807) is 0 Å². The smallest absolute Gasteiger partial charge is 0.263 e. The quantitative estimate of drug-likeness (QED) is 0.446. The molecular weight excluding hydrogens is 438 g/mol. The molecule has 1 aromatic heterocycles. The number of hydrogen-bond donors (Lipinski definition) is 0. The first-order valence-corrected chi connectivity index (χ1v) is 3.95. The van der Waals surface area contributed by atoms with Crippen LogP contribution in [-0.4, -0.2) is 9.32 Å². The van der Waals surface area contributed by atoms with Gasteiger partial charge in [-0.2, -0.15) is 0 Å². The maximum absolute atomic E-state index is 11.0. The van der Waals surface area contributed by atoms with Gasteiger partial charge < -0.3 is 9.13 Å². The van der Waals surface area contributed by atoms with Crippen LogP contribution in [0.2, 0.25) is 0 Å². The van der Waals surface area contributed by atoms with Crippen molar-refractivity contribution < 1.29 is 0 Å². The largest absolute Gasteiger partial charge is 0.357 e. The molecule has 0 N–H and O–H groups in total. The molecule has 0 fully saturated rings. The van der Waals surface area contributed by atoms with E-state index in [4.69, 9.17) is 0 Å². The average Bonchev–Trinajstić information content (AvgIpc) is 2.12. The molecule has 0 aliphatic carbocycles. The maximum atomic E-state index is 11.0. The van der Waals surface area contributed by atoms with Crippen LogP contribution in [0.15, 0.2) is 29.1 Å². The van der Waals surface area contributed by atoms with Crippen LogP contribution >= 0.6 is 9.39 Å². The van der Waals surface area contributed by atoms with Gasteiger partial charge in [-0.05, 0) is 21.1 Å². The maximum Gasteiger partial charge on any atom is 0.263 e. The van der Waals surface area contributed by atoms with E-state index in [2.05, 4.69) is 20.6 Å². The molecule has 0 aliphatic heterocycles. The number of fused-ring (bicyclic) bond motifs is 1. The van der Waals surface area contributed by atoms with Gasteiger partial charge in [0.25, 0.3) is 5.69 Å². The Labute approximate surface area is 71.3 Å². The van der Waals surface area contributed by atoms with Crippen molar-refractivity contribution in [1.29, 1.82) is 0 Å². The van der Waals surface area contributed by atoms with Gasteiger partial charge in [-0.25, -0.2) is 0 Å². The van der Waals surface area contributed by atoms with Crippen molar-refractivity contribution in [3.63, 3.8) is 0 Å². The molecule has 0 radical (unpaired) electrons. The van der Waals surface area contributed by atoms with Crippen LogP contribution < -0.4 is 5.69 Å². The zero-order valence-electron chi connectivity index (χ0n) is 6.90. The zero-order valence-corrected chi connectivity index (χ0v) is 14.5. The summed E-state index contributed by atoms with van der Waals surface area (Å²) in [6, 6.07) is 7.47. The average molecular weight is 444 g/mol. The SMILES string of the molecule is O=c1n[c-]c2ccccc2n1P.[Rf].